The van der Waals surface area contributed by atoms with Crippen LogP contribution < -0.4 is 24.3 Å². The van der Waals surface area contributed by atoms with E-state index in [4.69, 9.17) is 18.9 Å². The van der Waals surface area contributed by atoms with Crippen LogP contribution >= 0.6 is 11.8 Å². The summed E-state index contributed by atoms with van der Waals surface area (Å²) in [6.45, 7) is 0.519. The molecule has 1 atom stereocenters. The van der Waals surface area contributed by atoms with E-state index in [1.807, 2.05) is 48.5 Å². The standard InChI is InChI=1S/C21H15NO4S/c1-2-4-16-15(3-1)24-20(25-16)12-6-8-17-19(10-12)27-21(26-17)13-5-7-14-18(9-13)23-11-22-14/h1-10,20-22H,11H2. The lowest BCUT2D eigenvalue weighted by Gasteiger charge is -2.11. The second kappa shape index (κ2) is 5.76. The lowest BCUT2D eigenvalue weighted by atomic mass is 10.2. The van der Waals surface area contributed by atoms with Crippen LogP contribution in [0.2, 0.25) is 0 Å². The van der Waals surface area contributed by atoms with Crippen molar-refractivity contribution in [1.82, 2.24) is 0 Å². The highest BCUT2D eigenvalue weighted by molar-refractivity contribution is 7.99. The topological polar surface area (TPSA) is 49.0 Å². The van der Waals surface area contributed by atoms with Crippen molar-refractivity contribution in [3.63, 3.8) is 0 Å². The van der Waals surface area contributed by atoms with Gasteiger partial charge in [-0.3, -0.25) is 0 Å². The van der Waals surface area contributed by atoms with Crippen molar-refractivity contribution >= 4 is 17.4 Å². The Balaban J connectivity index is 1.25. The molecule has 134 valence electrons. The highest BCUT2D eigenvalue weighted by atomic mass is 32.2. The van der Waals surface area contributed by atoms with Crippen molar-refractivity contribution in [3.05, 3.63) is 71.8 Å². The van der Waals surface area contributed by atoms with E-state index in [0.717, 1.165) is 44.7 Å². The fraction of sp³-hybridized carbons (Fsp3) is 0.143. The maximum Gasteiger partial charge on any atom is 0.268 e. The van der Waals surface area contributed by atoms with Crippen molar-refractivity contribution in [2.75, 3.05) is 12.0 Å². The molecule has 1 N–H and O–H groups in total. The average Bonchev–Trinajstić information content (AvgIpc) is 3.42. The fourth-order valence-electron chi connectivity index (χ4n) is 3.43. The minimum atomic E-state index is -0.424. The van der Waals surface area contributed by atoms with Crippen LogP contribution in [0.4, 0.5) is 5.69 Å². The molecule has 0 aromatic heterocycles. The van der Waals surface area contributed by atoms with Crippen LogP contribution in [0.25, 0.3) is 0 Å². The zero-order chi connectivity index (χ0) is 17.8. The van der Waals surface area contributed by atoms with Crippen molar-refractivity contribution in [1.29, 1.82) is 0 Å². The first-order chi connectivity index (χ1) is 13.3. The molecule has 6 heteroatoms. The number of benzene rings is 3. The minimum Gasteiger partial charge on any atom is -0.473 e. The maximum atomic E-state index is 6.14. The zero-order valence-corrected chi connectivity index (χ0v) is 15.0. The summed E-state index contributed by atoms with van der Waals surface area (Å²) in [6, 6.07) is 19.9. The molecule has 6 rings (SSSR count). The monoisotopic (exact) mass is 377 g/mol. The Labute approximate surface area is 160 Å². The number of thioether (sulfide) groups is 1. The summed E-state index contributed by atoms with van der Waals surface area (Å²) in [4.78, 5) is 1.08. The molecule has 3 aliphatic rings. The smallest absolute Gasteiger partial charge is 0.268 e. The summed E-state index contributed by atoms with van der Waals surface area (Å²) in [5, 5.41) is 3.18. The van der Waals surface area contributed by atoms with Crippen LogP contribution in [0.15, 0.2) is 65.6 Å². The fourth-order valence-corrected chi connectivity index (χ4v) is 4.53. The SMILES string of the molecule is c1ccc2c(c1)OC(c1ccc3c(c1)SC(c1ccc4c(c1)OCN4)O3)O2. The van der Waals surface area contributed by atoms with E-state index in [0.29, 0.717) is 6.73 Å². The molecular formula is C21H15NO4S. The Morgan fingerprint density at radius 2 is 1.59 bits per heavy atom. The summed E-state index contributed by atoms with van der Waals surface area (Å²) in [6.07, 6.45) is -0.424. The third-order valence-electron chi connectivity index (χ3n) is 4.79. The van der Waals surface area contributed by atoms with Gasteiger partial charge < -0.3 is 24.3 Å². The molecule has 3 aromatic carbocycles. The Morgan fingerprint density at radius 1 is 0.778 bits per heavy atom. The molecule has 1 unspecified atom stereocenters. The maximum absolute atomic E-state index is 6.14. The van der Waals surface area contributed by atoms with Crippen molar-refractivity contribution in [3.8, 4) is 23.0 Å². The van der Waals surface area contributed by atoms with Gasteiger partial charge in [-0.2, -0.15) is 0 Å². The number of ether oxygens (including phenoxy) is 4. The number of fused-ring (bicyclic) bond motifs is 3. The quantitative estimate of drug-likeness (QED) is 0.670. The van der Waals surface area contributed by atoms with Gasteiger partial charge in [0.15, 0.2) is 23.7 Å². The number of para-hydroxylation sites is 2. The van der Waals surface area contributed by atoms with Gasteiger partial charge in [-0.15, -0.1) is 0 Å². The number of anilines is 1. The zero-order valence-electron chi connectivity index (χ0n) is 14.2. The van der Waals surface area contributed by atoms with Crippen molar-refractivity contribution in [2.24, 2.45) is 0 Å². The second-order valence-electron chi connectivity index (χ2n) is 6.51. The van der Waals surface area contributed by atoms with Crippen LogP contribution in [0.3, 0.4) is 0 Å². The summed E-state index contributed by atoms with van der Waals surface area (Å²) < 4.78 is 23.6. The molecule has 0 aliphatic carbocycles. The summed E-state index contributed by atoms with van der Waals surface area (Å²) in [5.74, 6) is 3.30. The van der Waals surface area contributed by atoms with E-state index in [9.17, 15) is 0 Å². The molecule has 3 heterocycles. The van der Waals surface area contributed by atoms with Crippen LogP contribution in [0.5, 0.6) is 23.0 Å². The lowest BCUT2D eigenvalue weighted by Crippen LogP contribution is -2.07. The Kier molecular flexibility index (Phi) is 3.22. The third-order valence-corrected chi connectivity index (χ3v) is 5.95. The van der Waals surface area contributed by atoms with E-state index in [-0.39, 0.29) is 5.44 Å². The highest BCUT2D eigenvalue weighted by Gasteiger charge is 2.30. The van der Waals surface area contributed by atoms with Gasteiger partial charge in [-0.05, 0) is 42.5 Å². The molecule has 0 fully saturated rings. The van der Waals surface area contributed by atoms with Crippen molar-refractivity contribution < 1.29 is 18.9 Å². The van der Waals surface area contributed by atoms with E-state index >= 15 is 0 Å². The van der Waals surface area contributed by atoms with E-state index in [1.165, 1.54) is 0 Å². The summed E-state index contributed by atoms with van der Waals surface area (Å²) in [5.41, 5.74) is 2.99. The van der Waals surface area contributed by atoms with Crippen LogP contribution in [-0.4, -0.2) is 6.73 Å². The highest BCUT2D eigenvalue weighted by Crippen LogP contribution is 2.51. The van der Waals surface area contributed by atoms with Crippen LogP contribution in [0, 0.1) is 0 Å². The van der Waals surface area contributed by atoms with Gasteiger partial charge in [0.1, 0.15) is 11.5 Å². The van der Waals surface area contributed by atoms with Gasteiger partial charge in [0.25, 0.3) is 6.29 Å². The van der Waals surface area contributed by atoms with Gasteiger partial charge in [-0.1, -0.05) is 30.0 Å². The van der Waals surface area contributed by atoms with E-state index in [1.54, 1.807) is 11.8 Å². The van der Waals surface area contributed by atoms with E-state index in [2.05, 4.69) is 17.4 Å². The molecule has 0 radical (unpaired) electrons. The molecule has 0 amide bonds. The van der Waals surface area contributed by atoms with Gasteiger partial charge in [-0.25, -0.2) is 0 Å². The van der Waals surface area contributed by atoms with Gasteiger partial charge in [0.05, 0.1) is 10.6 Å². The van der Waals surface area contributed by atoms with Crippen LogP contribution in [0.1, 0.15) is 22.9 Å². The number of rotatable bonds is 2. The predicted molar refractivity (Wildman–Crippen MR) is 102 cm³/mol. The lowest BCUT2D eigenvalue weighted by molar-refractivity contribution is 0.0485. The van der Waals surface area contributed by atoms with Gasteiger partial charge in [0, 0.05) is 11.1 Å². The molecule has 0 saturated carbocycles. The first-order valence-corrected chi connectivity index (χ1v) is 9.62. The van der Waals surface area contributed by atoms with Crippen molar-refractivity contribution in [2.45, 2.75) is 16.6 Å². The molecule has 0 spiro atoms. The van der Waals surface area contributed by atoms with Gasteiger partial charge in [0.2, 0.25) is 0 Å². The van der Waals surface area contributed by atoms with Gasteiger partial charge >= 0.3 is 0 Å². The molecule has 5 nitrogen and oxygen atoms in total. The molecule has 3 aromatic rings. The summed E-state index contributed by atoms with van der Waals surface area (Å²) in [7, 11) is 0. The van der Waals surface area contributed by atoms with Crippen LogP contribution in [-0.2, 0) is 0 Å². The number of nitrogens with one attached hydrogen (secondary N) is 1. The molecule has 27 heavy (non-hydrogen) atoms. The molecular weight excluding hydrogens is 362 g/mol. The first kappa shape index (κ1) is 15.1. The second-order valence-corrected chi connectivity index (χ2v) is 7.61. The summed E-state index contributed by atoms with van der Waals surface area (Å²) >= 11 is 1.68. The third kappa shape index (κ3) is 2.48. The Morgan fingerprint density at radius 3 is 2.44 bits per heavy atom. The molecule has 0 saturated heterocycles. The molecule has 3 aliphatic heterocycles. The minimum absolute atomic E-state index is 0.0904. The molecule has 0 bridgehead atoms. The first-order valence-electron chi connectivity index (χ1n) is 8.74. The number of hydrogen-bond acceptors (Lipinski definition) is 6. The Hall–Kier alpha value is -2.99. The normalized spacial score (nSPS) is 19.0. The number of hydrogen-bond donors (Lipinski definition) is 1. The Bertz CT molecular complexity index is 1030. The average molecular weight is 377 g/mol. The largest absolute Gasteiger partial charge is 0.473 e. The predicted octanol–water partition coefficient (Wildman–Crippen LogP) is 5.10. The van der Waals surface area contributed by atoms with E-state index < -0.39 is 6.29 Å².